The van der Waals surface area contributed by atoms with E-state index in [9.17, 15) is 8.42 Å². The maximum atomic E-state index is 12.0. The molecular formula is C10H18N2O3S. The van der Waals surface area contributed by atoms with Crippen LogP contribution in [-0.2, 0) is 14.8 Å². The molecule has 2 aliphatic rings. The van der Waals surface area contributed by atoms with E-state index < -0.39 is 10.0 Å². The first kappa shape index (κ1) is 12.0. The number of hydrogen-bond donors (Lipinski definition) is 1. The van der Waals surface area contributed by atoms with Crippen LogP contribution < -0.4 is 5.73 Å². The first-order valence-corrected chi connectivity index (χ1v) is 7.11. The largest absolute Gasteiger partial charge is 0.377 e. The van der Waals surface area contributed by atoms with Crippen molar-refractivity contribution in [1.82, 2.24) is 4.31 Å². The van der Waals surface area contributed by atoms with Crippen LogP contribution in [0.15, 0.2) is 11.0 Å². The van der Waals surface area contributed by atoms with Crippen molar-refractivity contribution >= 4 is 10.0 Å². The Bertz CT molecular complexity index is 362. The van der Waals surface area contributed by atoms with Gasteiger partial charge in [-0.3, -0.25) is 0 Å². The van der Waals surface area contributed by atoms with Crippen LogP contribution in [-0.4, -0.2) is 45.1 Å². The Hall–Kier alpha value is -0.430. The second-order valence-electron chi connectivity index (χ2n) is 4.36. The quantitative estimate of drug-likeness (QED) is 0.747. The third-order valence-corrected chi connectivity index (χ3v) is 4.75. The van der Waals surface area contributed by atoms with Gasteiger partial charge in [-0.1, -0.05) is 0 Å². The molecule has 2 fully saturated rings. The van der Waals surface area contributed by atoms with Crippen LogP contribution in [0.5, 0.6) is 0 Å². The highest BCUT2D eigenvalue weighted by molar-refractivity contribution is 7.92. The van der Waals surface area contributed by atoms with Gasteiger partial charge in [0.1, 0.15) is 0 Å². The maximum absolute atomic E-state index is 12.0. The van der Waals surface area contributed by atoms with Crippen molar-refractivity contribution in [3.8, 4) is 0 Å². The van der Waals surface area contributed by atoms with Gasteiger partial charge in [0, 0.05) is 24.5 Å². The van der Waals surface area contributed by atoms with Gasteiger partial charge < -0.3 is 10.5 Å². The molecule has 2 heterocycles. The molecule has 0 aromatic rings. The SMILES string of the molecule is NC1CCN(S(=O)(=O)/C=C2\CCOC2)CC1. The highest BCUT2D eigenvalue weighted by atomic mass is 32.2. The van der Waals surface area contributed by atoms with Gasteiger partial charge in [-0.05, 0) is 24.8 Å². The number of nitrogens with two attached hydrogens (primary N) is 1. The predicted molar refractivity (Wildman–Crippen MR) is 61.2 cm³/mol. The van der Waals surface area contributed by atoms with Gasteiger partial charge in [0.05, 0.1) is 13.2 Å². The second-order valence-corrected chi connectivity index (χ2v) is 6.14. The smallest absolute Gasteiger partial charge is 0.236 e. The van der Waals surface area contributed by atoms with Crippen LogP contribution in [0.4, 0.5) is 0 Å². The van der Waals surface area contributed by atoms with Crippen molar-refractivity contribution in [1.29, 1.82) is 0 Å². The molecule has 0 saturated carbocycles. The molecule has 0 aliphatic carbocycles. The van der Waals surface area contributed by atoms with E-state index in [2.05, 4.69) is 0 Å². The van der Waals surface area contributed by atoms with E-state index >= 15 is 0 Å². The van der Waals surface area contributed by atoms with Crippen LogP contribution in [0.25, 0.3) is 0 Å². The minimum atomic E-state index is -3.25. The number of piperidine rings is 1. The van der Waals surface area contributed by atoms with Gasteiger partial charge in [-0.2, -0.15) is 4.31 Å². The Morgan fingerprint density at radius 1 is 1.38 bits per heavy atom. The van der Waals surface area contributed by atoms with Crippen LogP contribution >= 0.6 is 0 Å². The summed E-state index contributed by atoms with van der Waals surface area (Å²) in [6, 6.07) is 0.147. The lowest BCUT2D eigenvalue weighted by Gasteiger charge is -2.28. The van der Waals surface area contributed by atoms with Crippen molar-refractivity contribution in [3.63, 3.8) is 0 Å². The summed E-state index contributed by atoms with van der Waals surface area (Å²) in [7, 11) is -3.25. The summed E-state index contributed by atoms with van der Waals surface area (Å²) in [6.07, 6.45) is 2.23. The average molecular weight is 246 g/mol. The third-order valence-electron chi connectivity index (χ3n) is 3.03. The van der Waals surface area contributed by atoms with Gasteiger partial charge in [0.25, 0.3) is 0 Å². The lowest BCUT2D eigenvalue weighted by molar-refractivity contribution is 0.204. The summed E-state index contributed by atoms with van der Waals surface area (Å²) >= 11 is 0. The zero-order chi connectivity index (χ0) is 11.6. The van der Waals surface area contributed by atoms with E-state index in [0.717, 1.165) is 24.8 Å². The molecule has 5 nitrogen and oxygen atoms in total. The van der Waals surface area contributed by atoms with Crippen molar-refractivity contribution in [2.75, 3.05) is 26.3 Å². The Kier molecular flexibility index (Phi) is 3.63. The molecule has 2 aliphatic heterocycles. The fourth-order valence-electron chi connectivity index (χ4n) is 1.99. The fourth-order valence-corrected chi connectivity index (χ4v) is 3.46. The topological polar surface area (TPSA) is 72.6 Å². The average Bonchev–Trinajstić information content (AvgIpc) is 2.70. The Morgan fingerprint density at radius 3 is 2.62 bits per heavy atom. The molecule has 0 aromatic carbocycles. The Morgan fingerprint density at radius 2 is 2.06 bits per heavy atom. The summed E-state index contributed by atoms with van der Waals surface area (Å²) < 4.78 is 30.7. The molecule has 2 rings (SSSR count). The molecule has 2 N–H and O–H groups in total. The first-order valence-electron chi connectivity index (χ1n) is 5.61. The summed E-state index contributed by atoms with van der Waals surface area (Å²) in [4.78, 5) is 0. The predicted octanol–water partition coefficient (Wildman–Crippen LogP) is 0.0435. The first-order chi connectivity index (χ1) is 7.58. The molecule has 0 unspecified atom stereocenters. The van der Waals surface area contributed by atoms with Crippen molar-refractivity contribution < 1.29 is 13.2 Å². The standard InChI is InChI=1S/C10H18N2O3S/c11-10-1-4-12(5-2-10)16(13,14)8-9-3-6-15-7-9/h8,10H,1-7,11H2/b9-8+. The van der Waals surface area contributed by atoms with Gasteiger partial charge in [-0.25, -0.2) is 8.42 Å². The molecule has 0 amide bonds. The van der Waals surface area contributed by atoms with Crippen LogP contribution in [0, 0.1) is 0 Å². The molecule has 0 aromatic heterocycles. The summed E-state index contributed by atoms with van der Waals surface area (Å²) in [5, 5.41) is 1.37. The minimum Gasteiger partial charge on any atom is -0.377 e. The van der Waals surface area contributed by atoms with E-state index in [1.807, 2.05) is 0 Å². The van der Waals surface area contributed by atoms with Crippen LogP contribution in [0.1, 0.15) is 19.3 Å². The van der Waals surface area contributed by atoms with E-state index in [0.29, 0.717) is 26.3 Å². The van der Waals surface area contributed by atoms with E-state index in [1.54, 1.807) is 0 Å². The molecule has 0 bridgehead atoms. The molecule has 0 atom stereocenters. The van der Waals surface area contributed by atoms with Gasteiger partial charge in [-0.15, -0.1) is 0 Å². The lowest BCUT2D eigenvalue weighted by Crippen LogP contribution is -2.42. The summed E-state index contributed by atoms with van der Waals surface area (Å²) in [5.74, 6) is 0. The lowest BCUT2D eigenvalue weighted by atomic mass is 10.1. The Labute approximate surface area is 96.3 Å². The van der Waals surface area contributed by atoms with E-state index in [4.69, 9.17) is 10.5 Å². The highest BCUT2D eigenvalue weighted by Crippen LogP contribution is 2.18. The molecule has 92 valence electrons. The molecule has 2 saturated heterocycles. The van der Waals surface area contributed by atoms with Gasteiger partial charge in [0.2, 0.25) is 10.0 Å². The van der Waals surface area contributed by atoms with E-state index in [-0.39, 0.29) is 6.04 Å². The minimum absolute atomic E-state index is 0.147. The third kappa shape index (κ3) is 2.82. The zero-order valence-electron chi connectivity index (χ0n) is 9.26. The van der Waals surface area contributed by atoms with Crippen molar-refractivity contribution in [2.24, 2.45) is 5.73 Å². The number of ether oxygens (including phenoxy) is 1. The zero-order valence-corrected chi connectivity index (χ0v) is 10.1. The fraction of sp³-hybridized carbons (Fsp3) is 0.800. The van der Waals surface area contributed by atoms with Crippen molar-refractivity contribution in [3.05, 3.63) is 11.0 Å². The molecule has 0 radical (unpaired) electrons. The monoisotopic (exact) mass is 246 g/mol. The number of nitrogens with zero attached hydrogens (tertiary/aromatic N) is 1. The Balaban J connectivity index is 2.04. The summed E-state index contributed by atoms with van der Waals surface area (Å²) in [6.45, 7) is 2.15. The van der Waals surface area contributed by atoms with E-state index in [1.165, 1.54) is 9.71 Å². The normalized spacial score (nSPS) is 27.7. The number of hydrogen-bond acceptors (Lipinski definition) is 4. The van der Waals surface area contributed by atoms with Crippen LogP contribution in [0.3, 0.4) is 0 Å². The second kappa shape index (κ2) is 4.83. The number of sulfonamides is 1. The van der Waals surface area contributed by atoms with Crippen molar-refractivity contribution in [2.45, 2.75) is 25.3 Å². The van der Waals surface area contributed by atoms with Gasteiger partial charge >= 0.3 is 0 Å². The summed E-state index contributed by atoms with van der Waals surface area (Å²) in [5.41, 5.74) is 6.62. The molecule has 6 heteroatoms. The van der Waals surface area contributed by atoms with Gasteiger partial charge in [0.15, 0.2) is 0 Å². The molecule has 0 spiro atoms. The highest BCUT2D eigenvalue weighted by Gasteiger charge is 2.25. The van der Waals surface area contributed by atoms with Crippen LogP contribution in [0.2, 0.25) is 0 Å². The molecular weight excluding hydrogens is 228 g/mol. The maximum Gasteiger partial charge on any atom is 0.236 e. The molecule has 16 heavy (non-hydrogen) atoms. The number of rotatable bonds is 2.